The number of nitrogens with two attached hydrogens (primary N) is 1. The summed E-state index contributed by atoms with van der Waals surface area (Å²) in [5.74, 6) is 0.0873. The molecule has 0 saturated carbocycles. The number of hydrogen-bond donors (Lipinski definition) is 3. The van der Waals surface area contributed by atoms with E-state index in [2.05, 4.69) is 139 Å². The van der Waals surface area contributed by atoms with E-state index in [1.54, 1.807) is 0 Å². The van der Waals surface area contributed by atoms with E-state index in [0.29, 0.717) is 19.5 Å². The molecule has 0 spiro atoms. The average molecular weight is 589 g/mol. The Morgan fingerprint density at radius 1 is 0.864 bits per heavy atom. The lowest BCUT2D eigenvalue weighted by molar-refractivity contribution is -0.438. The molecule has 6 heteroatoms. The molecule has 4 aromatic rings. The third-order valence-electron chi connectivity index (χ3n) is 8.54. The molecule has 4 N–H and O–H groups in total. The van der Waals surface area contributed by atoms with Gasteiger partial charge in [0.25, 0.3) is 0 Å². The molecule has 0 saturated heterocycles. The highest BCUT2D eigenvalue weighted by Gasteiger charge is 2.44. The highest BCUT2D eigenvalue weighted by Crippen LogP contribution is 2.42. The van der Waals surface area contributed by atoms with Gasteiger partial charge in [0.2, 0.25) is 11.6 Å². The van der Waals surface area contributed by atoms with E-state index in [0.717, 1.165) is 37.2 Å². The Labute approximate surface area is 262 Å². The summed E-state index contributed by atoms with van der Waals surface area (Å²) in [6.45, 7) is 6.56. The monoisotopic (exact) mass is 588 g/mol. The molecule has 0 fully saturated rings. The normalized spacial score (nSPS) is 13.8. The Morgan fingerprint density at radius 3 is 2.36 bits per heavy atom. The molecule has 0 radical (unpaired) electrons. The van der Waals surface area contributed by atoms with E-state index in [1.165, 1.54) is 39.0 Å². The first-order valence-electron chi connectivity index (χ1n) is 15.7. The summed E-state index contributed by atoms with van der Waals surface area (Å²) in [5.41, 5.74) is 13.8. The lowest BCUT2D eigenvalue weighted by atomic mass is 9.81. The Hall–Kier alpha value is -4.42. The molecule has 0 atom stereocenters. The second-order valence-corrected chi connectivity index (χ2v) is 12.3. The Morgan fingerprint density at radius 2 is 1.61 bits per heavy atom. The van der Waals surface area contributed by atoms with Crippen LogP contribution in [0.15, 0.2) is 91.0 Å². The highest BCUT2D eigenvalue weighted by atomic mass is 16.1. The molecule has 5 rings (SSSR count). The molecule has 0 unspecified atom stereocenters. The summed E-state index contributed by atoms with van der Waals surface area (Å²) >= 11 is 0. The van der Waals surface area contributed by atoms with E-state index in [9.17, 15) is 4.79 Å². The first kappa shape index (κ1) is 31.0. The van der Waals surface area contributed by atoms with Crippen molar-refractivity contribution in [2.24, 2.45) is 5.73 Å². The number of nitrogens with zero attached hydrogens (tertiary/aromatic N) is 2. The number of fused-ring (bicyclic) bond motifs is 2. The van der Waals surface area contributed by atoms with Gasteiger partial charge >= 0.3 is 0 Å². The predicted molar refractivity (Wildman–Crippen MR) is 187 cm³/mol. The molecule has 6 nitrogen and oxygen atoms in total. The van der Waals surface area contributed by atoms with Crippen molar-refractivity contribution in [1.82, 2.24) is 5.32 Å². The van der Waals surface area contributed by atoms with Crippen LogP contribution in [-0.4, -0.2) is 49.9 Å². The van der Waals surface area contributed by atoms with Gasteiger partial charge in [-0.1, -0.05) is 48.5 Å². The van der Waals surface area contributed by atoms with Crippen molar-refractivity contribution in [2.45, 2.75) is 44.9 Å². The second kappa shape index (κ2) is 13.9. The van der Waals surface area contributed by atoms with Crippen molar-refractivity contribution in [3.63, 3.8) is 0 Å². The standard InChI is InChI=1S/C38H45N5O/c1-38(2)33-27-30(41-29-13-7-5-8-14-29)20-22-35(33)43(26-12-6-9-17-37(44)40-25-24-39)36(38)23-19-28-18-21-34(42(3)4)32-16-11-10-15-31(28)32/h5,7-8,10-11,13-16,18-23,27,41H,6,9,12,17,24-26,39H2,1-4H3/p+1. The molecule has 0 bridgehead atoms. The van der Waals surface area contributed by atoms with Gasteiger partial charge in [0.15, 0.2) is 5.71 Å². The fraction of sp³-hybridized carbons (Fsp3) is 0.316. The number of anilines is 3. The predicted octanol–water partition coefficient (Wildman–Crippen LogP) is 7.37. The number of benzene rings is 4. The van der Waals surface area contributed by atoms with Crippen molar-refractivity contribution in [1.29, 1.82) is 0 Å². The number of carbonyl (C=O) groups is 1. The van der Waals surface area contributed by atoms with Crippen molar-refractivity contribution >= 4 is 51.2 Å². The maximum atomic E-state index is 12.1. The fourth-order valence-corrected chi connectivity index (χ4v) is 6.22. The number of carbonyl (C=O) groups excluding carboxylic acids is 1. The first-order chi connectivity index (χ1) is 21.3. The van der Waals surface area contributed by atoms with Gasteiger partial charge in [-0.05, 0) is 74.0 Å². The van der Waals surface area contributed by atoms with Crippen LogP contribution in [-0.2, 0) is 10.2 Å². The summed E-state index contributed by atoms with van der Waals surface area (Å²) < 4.78 is 2.49. The van der Waals surface area contributed by atoms with E-state index >= 15 is 0 Å². The van der Waals surface area contributed by atoms with Gasteiger partial charge in [-0.2, -0.15) is 4.58 Å². The van der Waals surface area contributed by atoms with Crippen molar-refractivity contribution in [2.75, 3.05) is 43.9 Å². The van der Waals surface area contributed by atoms with Crippen LogP contribution in [0.25, 0.3) is 16.8 Å². The van der Waals surface area contributed by atoms with Crippen LogP contribution < -0.4 is 21.3 Å². The lowest BCUT2D eigenvalue weighted by Crippen LogP contribution is -2.28. The van der Waals surface area contributed by atoms with Crippen LogP contribution in [0.1, 0.15) is 50.7 Å². The van der Waals surface area contributed by atoms with Crippen LogP contribution in [0.3, 0.4) is 0 Å². The minimum absolute atomic E-state index is 0.0873. The zero-order valence-electron chi connectivity index (χ0n) is 26.6. The molecule has 1 heterocycles. The third-order valence-corrected chi connectivity index (χ3v) is 8.54. The topological polar surface area (TPSA) is 73.4 Å². The van der Waals surface area contributed by atoms with Crippen LogP contribution in [0.5, 0.6) is 0 Å². The molecule has 228 valence electrons. The molecular formula is C38H46N5O+. The quantitative estimate of drug-likeness (QED) is 0.113. The van der Waals surface area contributed by atoms with Crippen molar-refractivity contribution in [3.05, 3.63) is 102 Å². The summed E-state index contributed by atoms with van der Waals surface area (Å²) in [6.07, 6.45) is 8.01. The highest BCUT2D eigenvalue weighted by molar-refractivity contribution is 6.07. The second-order valence-electron chi connectivity index (χ2n) is 12.3. The van der Waals surface area contributed by atoms with Crippen LogP contribution in [0, 0.1) is 0 Å². The number of unbranched alkanes of at least 4 members (excludes halogenated alkanes) is 2. The van der Waals surface area contributed by atoms with Crippen molar-refractivity contribution < 1.29 is 9.37 Å². The third kappa shape index (κ3) is 6.87. The fourth-order valence-electron chi connectivity index (χ4n) is 6.22. The Bertz CT molecular complexity index is 1670. The van der Waals surface area contributed by atoms with Gasteiger partial charge in [0.05, 0.1) is 5.41 Å². The maximum absolute atomic E-state index is 12.1. The Kier molecular flexibility index (Phi) is 9.81. The zero-order valence-corrected chi connectivity index (χ0v) is 26.6. The zero-order chi connectivity index (χ0) is 31.1. The van der Waals surface area contributed by atoms with Gasteiger partial charge in [-0.15, -0.1) is 0 Å². The molecule has 1 aliphatic rings. The van der Waals surface area contributed by atoms with Gasteiger partial charge in [-0.25, -0.2) is 0 Å². The Balaban J connectivity index is 1.45. The van der Waals surface area contributed by atoms with E-state index in [1.807, 2.05) is 6.07 Å². The number of para-hydroxylation sites is 1. The molecule has 1 aliphatic heterocycles. The summed E-state index contributed by atoms with van der Waals surface area (Å²) in [5, 5.41) is 8.96. The first-order valence-corrected chi connectivity index (χ1v) is 15.7. The van der Waals surface area contributed by atoms with Crippen LogP contribution in [0.4, 0.5) is 22.7 Å². The molecule has 4 aromatic carbocycles. The number of nitrogens with one attached hydrogen (secondary N) is 2. The molecule has 0 aliphatic carbocycles. The lowest BCUT2D eigenvalue weighted by Gasteiger charge is -2.18. The number of hydrogen-bond acceptors (Lipinski definition) is 4. The van der Waals surface area contributed by atoms with Gasteiger partial charge in [-0.3, -0.25) is 4.79 Å². The SMILES string of the molecule is CN(C)c1ccc(/C=C/C2=[N+](CCCCCC(=O)NCCN)c3ccc(Nc4ccccc4)cc3C2(C)C)c2ccccc12. The van der Waals surface area contributed by atoms with Gasteiger partial charge in [0.1, 0.15) is 6.54 Å². The van der Waals surface area contributed by atoms with Gasteiger partial charge in [0, 0.05) is 80.2 Å². The summed E-state index contributed by atoms with van der Waals surface area (Å²) in [4.78, 5) is 14.2. The molecular weight excluding hydrogens is 542 g/mol. The minimum Gasteiger partial charge on any atom is -0.377 e. The number of allylic oxidation sites excluding steroid dienone is 1. The molecule has 0 aromatic heterocycles. The van der Waals surface area contributed by atoms with E-state index in [4.69, 9.17) is 5.73 Å². The molecule has 44 heavy (non-hydrogen) atoms. The van der Waals surface area contributed by atoms with Crippen molar-refractivity contribution in [3.8, 4) is 0 Å². The number of rotatable bonds is 13. The largest absolute Gasteiger partial charge is 0.377 e. The number of amides is 1. The molecule has 1 amide bonds. The smallest absolute Gasteiger partial charge is 0.220 e. The van der Waals surface area contributed by atoms with Crippen LogP contribution >= 0.6 is 0 Å². The average Bonchev–Trinajstić information content (AvgIpc) is 3.23. The van der Waals surface area contributed by atoms with Crippen LogP contribution in [0.2, 0.25) is 0 Å². The summed E-state index contributed by atoms with van der Waals surface area (Å²) in [7, 11) is 4.19. The van der Waals surface area contributed by atoms with E-state index in [-0.39, 0.29) is 11.3 Å². The van der Waals surface area contributed by atoms with E-state index < -0.39 is 0 Å². The summed E-state index contributed by atoms with van der Waals surface area (Å²) in [6, 6.07) is 30.1. The minimum atomic E-state index is -0.193. The van der Waals surface area contributed by atoms with Gasteiger partial charge < -0.3 is 21.3 Å². The maximum Gasteiger partial charge on any atom is 0.220 e.